The second-order valence-corrected chi connectivity index (χ2v) is 9.70. The van der Waals surface area contributed by atoms with Crippen LogP contribution in [-0.4, -0.2) is 84.6 Å². The van der Waals surface area contributed by atoms with Crippen molar-refractivity contribution < 1.29 is 38.5 Å². The van der Waals surface area contributed by atoms with E-state index in [0.29, 0.717) is 5.56 Å². The number of hydrogen-bond acceptors (Lipinski definition) is 7. The summed E-state index contributed by atoms with van der Waals surface area (Å²) in [7, 11) is -13.2. The van der Waals surface area contributed by atoms with E-state index in [2.05, 4.69) is 6.77 Å². The Morgan fingerprint density at radius 3 is 2.11 bits per heavy atom. The molecule has 2 N–H and O–H groups in total. The Hall–Kier alpha value is -0.440. The van der Waals surface area contributed by atoms with Gasteiger partial charge in [0, 0.05) is 5.39 Å². The predicted octanol–water partition coefficient (Wildman–Crippen LogP) is 0.575. The van der Waals surface area contributed by atoms with Crippen molar-refractivity contribution in [1.29, 1.82) is 0 Å². The second kappa shape index (κ2) is 9.37. The van der Waals surface area contributed by atoms with Crippen LogP contribution < -0.4 is 0 Å². The summed E-state index contributed by atoms with van der Waals surface area (Å²) in [5.74, 6) is -0.713. The van der Waals surface area contributed by atoms with Crippen LogP contribution in [-0.2, 0) is 34.5 Å². The summed E-state index contributed by atoms with van der Waals surface area (Å²) in [6.07, 6.45) is 0. The summed E-state index contributed by atoms with van der Waals surface area (Å²) in [5, 5.41) is 0.408. The minimum absolute atomic E-state index is 0.149. The van der Waals surface area contributed by atoms with E-state index in [0.717, 1.165) is 41.3 Å². The summed E-state index contributed by atoms with van der Waals surface area (Å²) in [5.41, 5.74) is 0.298. The second-order valence-electron chi connectivity index (χ2n) is 5.14. The van der Waals surface area contributed by atoms with E-state index in [-0.39, 0.29) is 20.6 Å². The topological polar surface area (TPSA) is 152 Å². The molecule has 0 spiro atoms. The van der Waals surface area contributed by atoms with E-state index in [1.54, 1.807) is 0 Å². The van der Waals surface area contributed by atoms with Gasteiger partial charge in [-0.15, -0.1) is 0 Å². The van der Waals surface area contributed by atoms with Crippen LogP contribution in [0.25, 0.3) is 10.8 Å². The molecule has 0 aliphatic rings. The molecule has 13 heteroatoms. The molecule has 0 amide bonds. The van der Waals surface area contributed by atoms with E-state index in [1.807, 2.05) is 0 Å². The van der Waals surface area contributed by atoms with Gasteiger partial charge in [0.15, 0.2) is 9.84 Å². The van der Waals surface area contributed by atoms with Crippen molar-refractivity contribution in [3.63, 3.8) is 0 Å². The molecule has 0 saturated carbocycles. The van der Waals surface area contributed by atoms with E-state index >= 15 is 0 Å². The third-order valence-electron chi connectivity index (χ3n) is 3.34. The zero-order valence-corrected chi connectivity index (χ0v) is 18.8. The molecule has 0 bridgehead atoms. The molecule has 2 aromatic carbocycles. The van der Waals surface area contributed by atoms with Crippen molar-refractivity contribution in [2.45, 2.75) is 16.7 Å². The number of rotatable bonds is 6. The van der Waals surface area contributed by atoms with Crippen LogP contribution in [0, 0.1) is 6.92 Å². The van der Waals surface area contributed by atoms with Crippen molar-refractivity contribution in [3.05, 3.63) is 35.9 Å². The molecule has 0 fully saturated rings. The number of benzene rings is 2. The van der Waals surface area contributed by atoms with Crippen LogP contribution >= 0.6 is 0 Å². The molecule has 9 nitrogen and oxygen atoms in total. The molecule has 0 aliphatic heterocycles. The molecule has 2 rings (SSSR count). The first-order valence-electron chi connectivity index (χ1n) is 7.17. The maximum atomic E-state index is 12.2. The normalized spacial score (nSPS) is 12.5. The minimum atomic E-state index is -4.75. The van der Waals surface area contributed by atoms with Gasteiger partial charge in [0.25, 0.3) is 10.1 Å². The Bertz CT molecular complexity index is 1150. The molecule has 0 saturated heterocycles. The molecule has 2 aromatic rings. The predicted molar refractivity (Wildman–Crippen MR) is 101 cm³/mol. The number of aryl methyl sites for hydroxylation is 1. The van der Waals surface area contributed by atoms with E-state index < -0.39 is 42.7 Å². The Labute approximate surface area is 181 Å². The zero-order valence-electron chi connectivity index (χ0n) is 14.2. The summed E-state index contributed by atoms with van der Waals surface area (Å²) in [6, 6.07) is 6.49. The van der Waals surface area contributed by atoms with Gasteiger partial charge in [0.1, 0.15) is 4.90 Å². The maximum absolute atomic E-state index is 12.2. The SMILES string of the molecule is Cc1ccc2cc(S(=O)(=O)CCOS(=O)(=O)O)ccc2c1S(=O)(=O)O.[CH2]=[Ca]. The molecular weight excluding hydrogens is 448 g/mol. The van der Waals surface area contributed by atoms with Crippen LogP contribution in [0.5, 0.6) is 0 Å². The summed E-state index contributed by atoms with van der Waals surface area (Å²) >= 11 is 1.12. The number of fused-ring (bicyclic) bond motifs is 1. The van der Waals surface area contributed by atoms with Gasteiger partial charge in [0.05, 0.1) is 17.3 Å². The fraction of sp³-hybridized carbons (Fsp3) is 0.214. The van der Waals surface area contributed by atoms with Crippen LogP contribution in [0.4, 0.5) is 0 Å². The van der Waals surface area contributed by atoms with Crippen molar-refractivity contribution >= 4 is 79.0 Å². The van der Waals surface area contributed by atoms with Crippen molar-refractivity contribution in [3.8, 4) is 0 Å². The van der Waals surface area contributed by atoms with Crippen molar-refractivity contribution in [2.24, 2.45) is 0 Å². The summed E-state index contributed by atoms with van der Waals surface area (Å²) in [6.45, 7) is 0.712. The van der Waals surface area contributed by atoms with Gasteiger partial charge in [-0.3, -0.25) is 9.11 Å². The van der Waals surface area contributed by atoms with E-state index in [1.165, 1.54) is 31.2 Å². The monoisotopic (exact) mass is 464 g/mol. The molecular formula is C14H16CaO9S3. The first kappa shape index (κ1) is 24.6. The van der Waals surface area contributed by atoms with Crippen LogP contribution in [0.3, 0.4) is 0 Å². The van der Waals surface area contributed by atoms with Crippen molar-refractivity contribution in [1.82, 2.24) is 0 Å². The first-order chi connectivity index (χ1) is 12.3. The van der Waals surface area contributed by atoms with Gasteiger partial charge in [-0.2, -0.15) is 16.8 Å². The quantitative estimate of drug-likeness (QED) is 0.462. The third-order valence-corrected chi connectivity index (χ3v) is 6.54. The van der Waals surface area contributed by atoms with Crippen LogP contribution in [0.2, 0.25) is 0 Å². The first-order valence-corrected chi connectivity index (χ1v) is 13.2. The third kappa shape index (κ3) is 6.83. The molecule has 0 radical (unpaired) electrons. The van der Waals surface area contributed by atoms with Crippen LogP contribution in [0.15, 0.2) is 40.1 Å². The fourth-order valence-electron chi connectivity index (χ4n) is 2.29. The van der Waals surface area contributed by atoms with Gasteiger partial charge in [-0.1, -0.05) is 18.2 Å². The standard InChI is InChI=1S/C13H14O9S3.CH2.Ca/c1-9-2-3-10-8-11(4-5-12(10)13(9)24(16,17)18)23(14,15)7-6-22-25(19,20)21;;/h2-5,8H,6-7H2,1H3,(H,16,17,18)(H,19,20,21);1H2;. The summed E-state index contributed by atoms with van der Waals surface area (Å²) in [4.78, 5) is -0.507. The Morgan fingerprint density at radius 2 is 1.59 bits per heavy atom. The zero-order chi connectivity index (χ0) is 21.0. The average molecular weight is 465 g/mol. The van der Waals surface area contributed by atoms with E-state index in [4.69, 9.17) is 4.55 Å². The molecule has 0 unspecified atom stereocenters. The van der Waals surface area contributed by atoms with Gasteiger partial charge < -0.3 is 0 Å². The molecule has 0 atom stereocenters. The Kier molecular flexibility index (Phi) is 8.54. The van der Waals surface area contributed by atoms with E-state index in [9.17, 15) is 29.8 Å². The van der Waals surface area contributed by atoms with Gasteiger partial charge in [-0.05, 0) is 30.0 Å². The molecule has 146 valence electrons. The molecule has 0 aromatic heterocycles. The van der Waals surface area contributed by atoms with Gasteiger partial charge in [-0.25, -0.2) is 12.6 Å². The molecule has 0 aliphatic carbocycles. The Morgan fingerprint density at radius 1 is 1.00 bits per heavy atom. The van der Waals surface area contributed by atoms with Gasteiger partial charge >= 0.3 is 48.3 Å². The fourth-order valence-corrected chi connectivity index (χ4v) is 4.75. The number of sulfone groups is 1. The van der Waals surface area contributed by atoms with Gasteiger partial charge in [0.2, 0.25) is 0 Å². The summed E-state index contributed by atoms with van der Waals surface area (Å²) < 4.78 is 93.5. The van der Waals surface area contributed by atoms with Crippen LogP contribution in [0.1, 0.15) is 5.56 Å². The number of hydrogen-bond donors (Lipinski definition) is 2. The average Bonchev–Trinajstić information content (AvgIpc) is 2.53. The molecule has 27 heavy (non-hydrogen) atoms. The van der Waals surface area contributed by atoms with Crippen molar-refractivity contribution in [2.75, 3.05) is 12.4 Å². The molecule has 0 heterocycles. The Balaban J connectivity index is 0.00000176.